The van der Waals surface area contributed by atoms with Gasteiger partial charge in [0.2, 0.25) is 10.0 Å². The second-order valence-electron chi connectivity index (χ2n) is 8.96. The molecule has 4 rings (SSSR count). The third-order valence-electron chi connectivity index (χ3n) is 6.20. The van der Waals surface area contributed by atoms with Gasteiger partial charge in [0.15, 0.2) is 0 Å². The second kappa shape index (κ2) is 8.92. The minimum Gasteiger partial charge on any atom is -0.293 e. The summed E-state index contributed by atoms with van der Waals surface area (Å²) in [4.78, 5) is 2.41. The Morgan fingerprint density at radius 2 is 1.88 bits per heavy atom. The first-order valence-corrected chi connectivity index (χ1v) is 12.8. The van der Waals surface area contributed by atoms with Crippen LogP contribution in [0.4, 0.5) is 4.39 Å². The standard InChI is InChI=1S/C24H31FN4O2S/c1-5-32(30,31)28-11-10-27(15-17(2)3)24(16-28)22-13-19-14-26-29(23(19)12-18(22)4)21-8-6-20(25)7-9-21/h6-9,12-14,17,24H,5,10-11,15-16H2,1-4H3/t24-/m1/s1. The predicted molar refractivity (Wildman–Crippen MR) is 126 cm³/mol. The highest BCUT2D eigenvalue weighted by Crippen LogP contribution is 2.33. The molecule has 0 N–H and O–H groups in total. The van der Waals surface area contributed by atoms with Gasteiger partial charge in [-0.15, -0.1) is 0 Å². The number of nitrogens with zero attached hydrogens (tertiary/aromatic N) is 4. The number of benzene rings is 2. The van der Waals surface area contributed by atoms with Crippen molar-refractivity contribution in [1.82, 2.24) is 19.0 Å². The van der Waals surface area contributed by atoms with Gasteiger partial charge in [0.05, 0.1) is 23.2 Å². The maximum Gasteiger partial charge on any atom is 0.213 e. The Labute approximate surface area is 189 Å². The highest BCUT2D eigenvalue weighted by Gasteiger charge is 2.34. The van der Waals surface area contributed by atoms with E-state index >= 15 is 0 Å². The van der Waals surface area contributed by atoms with Crippen LogP contribution in [-0.2, 0) is 10.0 Å². The monoisotopic (exact) mass is 458 g/mol. The lowest BCUT2D eigenvalue weighted by Crippen LogP contribution is -2.51. The van der Waals surface area contributed by atoms with Crippen LogP contribution in [0.2, 0.25) is 0 Å². The molecule has 32 heavy (non-hydrogen) atoms. The highest BCUT2D eigenvalue weighted by molar-refractivity contribution is 7.89. The maximum atomic E-state index is 13.4. The number of aryl methyl sites for hydroxylation is 1. The molecule has 172 valence electrons. The summed E-state index contributed by atoms with van der Waals surface area (Å²) in [5.74, 6) is 0.321. The molecule has 0 bridgehead atoms. The van der Waals surface area contributed by atoms with Crippen molar-refractivity contribution in [3.05, 3.63) is 59.5 Å². The zero-order valence-corrected chi connectivity index (χ0v) is 19.9. The van der Waals surface area contributed by atoms with Gasteiger partial charge in [-0.25, -0.2) is 17.5 Å². The molecule has 1 aliphatic rings. The molecule has 1 aromatic heterocycles. The average molecular weight is 459 g/mol. The van der Waals surface area contributed by atoms with Crippen LogP contribution in [0.5, 0.6) is 0 Å². The molecule has 6 nitrogen and oxygen atoms in total. The van der Waals surface area contributed by atoms with Crippen LogP contribution in [0, 0.1) is 18.7 Å². The van der Waals surface area contributed by atoms with Crippen molar-refractivity contribution in [1.29, 1.82) is 0 Å². The number of hydrogen-bond acceptors (Lipinski definition) is 4. The van der Waals surface area contributed by atoms with Crippen LogP contribution in [0.3, 0.4) is 0 Å². The highest BCUT2D eigenvalue weighted by atomic mass is 32.2. The molecule has 8 heteroatoms. The van der Waals surface area contributed by atoms with Gasteiger partial charge in [-0.05, 0) is 67.3 Å². The summed E-state index contributed by atoms with van der Waals surface area (Å²) >= 11 is 0. The maximum absolute atomic E-state index is 13.4. The number of hydrogen-bond donors (Lipinski definition) is 0. The molecule has 2 aromatic carbocycles. The Morgan fingerprint density at radius 3 is 2.53 bits per heavy atom. The quantitative estimate of drug-likeness (QED) is 0.557. The summed E-state index contributed by atoms with van der Waals surface area (Å²) in [6.45, 7) is 10.8. The third-order valence-corrected chi connectivity index (χ3v) is 8.05. The summed E-state index contributed by atoms with van der Waals surface area (Å²) in [6.07, 6.45) is 1.82. The van der Waals surface area contributed by atoms with Gasteiger partial charge in [0, 0.05) is 37.6 Å². The fourth-order valence-electron chi connectivity index (χ4n) is 4.56. The number of fused-ring (bicyclic) bond motifs is 1. The Balaban J connectivity index is 1.75. The lowest BCUT2D eigenvalue weighted by Gasteiger charge is -2.42. The number of sulfonamides is 1. The summed E-state index contributed by atoms with van der Waals surface area (Å²) in [5, 5.41) is 5.51. The fourth-order valence-corrected chi connectivity index (χ4v) is 5.65. The van der Waals surface area contributed by atoms with Crippen molar-refractivity contribution >= 4 is 20.9 Å². The van der Waals surface area contributed by atoms with E-state index < -0.39 is 10.0 Å². The smallest absolute Gasteiger partial charge is 0.213 e. The molecule has 1 fully saturated rings. The van der Waals surface area contributed by atoms with Gasteiger partial charge in [0.25, 0.3) is 0 Å². The van der Waals surface area contributed by atoms with Crippen LogP contribution < -0.4 is 0 Å². The van der Waals surface area contributed by atoms with Crippen molar-refractivity contribution < 1.29 is 12.8 Å². The molecule has 0 aliphatic carbocycles. The molecule has 1 saturated heterocycles. The Morgan fingerprint density at radius 1 is 1.16 bits per heavy atom. The lowest BCUT2D eigenvalue weighted by molar-refractivity contribution is 0.105. The molecule has 0 saturated carbocycles. The first kappa shape index (κ1) is 22.9. The first-order valence-electron chi connectivity index (χ1n) is 11.2. The minimum atomic E-state index is -3.25. The Hall–Kier alpha value is -2.29. The van der Waals surface area contributed by atoms with Crippen LogP contribution >= 0.6 is 0 Å². The molecule has 2 heterocycles. The predicted octanol–water partition coefficient (Wildman–Crippen LogP) is 4.14. The van der Waals surface area contributed by atoms with Gasteiger partial charge in [0.1, 0.15) is 5.82 Å². The molecular weight excluding hydrogens is 427 g/mol. The summed E-state index contributed by atoms with van der Waals surface area (Å²) in [5.41, 5.74) is 3.97. The van der Waals surface area contributed by atoms with E-state index in [1.165, 1.54) is 12.1 Å². The van der Waals surface area contributed by atoms with E-state index in [1.807, 2.05) is 10.9 Å². The van der Waals surface area contributed by atoms with Crippen molar-refractivity contribution in [2.75, 3.05) is 31.9 Å². The number of halogens is 1. The summed E-state index contributed by atoms with van der Waals surface area (Å²) < 4.78 is 42.0. The molecule has 3 aromatic rings. The Bertz CT molecular complexity index is 1200. The van der Waals surface area contributed by atoms with Gasteiger partial charge in [-0.3, -0.25) is 4.90 Å². The Kier molecular flexibility index (Phi) is 6.38. The van der Waals surface area contributed by atoms with Gasteiger partial charge >= 0.3 is 0 Å². The van der Waals surface area contributed by atoms with Crippen molar-refractivity contribution in [3.8, 4) is 5.69 Å². The third kappa shape index (κ3) is 4.44. The lowest BCUT2D eigenvalue weighted by atomic mass is 9.96. The molecular formula is C24H31FN4O2S. The molecule has 0 radical (unpaired) electrons. The van der Waals surface area contributed by atoms with E-state index in [9.17, 15) is 12.8 Å². The van der Waals surface area contributed by atoms with Crippen LogP contribution in [0.1, 0.15) is 37.9 Å². The van der Waals surface area contributed by atoms with Gasteiger partial charge in [-0.2, -0.15) is 9.40 Å². The summed E-state index contributed by atoms with van der Waals surface area (Å²) in [7, 11) is -3.25. The topological polar surface area (TPSA) is 58.4 Å². The van der Waals surface area contributed by atoms with E-state index in [1.54, 1.807) is 23.4 Å². The first-order chi connectivity index (χ1) is 15.2. The van der Waals surface area contributed by atoms with Crippen molar-refractivity contribution in [2.24, 2.45) is 5.92 Å². The number of rotatable bonds is 6. The molecule has 0 unspecified atom stereocenters. The van der Waals surface area contributed by atoms with Crippen LogP contribution in [0.25, 0.3) is 16.6 Å². The minimum absolute atomic E-state index is 0.00829. The van der Waals surface area contributed by atoms with E-state index in [0.29, 0.717) is 25.6 Å². The van der Waals surface area contributed by atoms with Gasteiger partial charge in [-0.1, -0.05) is 13.8 Å². The molecule has 1 aliphatic heterocycles. The average Bonchev–Trinajstić information content (AvgIpc) is 3.16. The van der Waals surface area contributed by atoms with Gasteiger partial charge < -0.3 is 0 Å². The summed E-state index contributed by atoms with van der Waals surface area (Å²) in [6, 6.07) is 10.5. The van der Waals surface area contributed by atoms with Crippen molar-refractivity contribution in [2.45, 2.75) is 33.7 Å². The van der Waals surface area contributed by atoms with E-state index in [2.05, 4.69) is 42.9 Å². The van der Waals surface area contributed by atoms with Crippen LogP contribution in [0.15, 0.2) is 42.6 Å². The number of aromatic nitrogens is 2. The normalized spacial score (nSPS) is 18.6. The van der Waals surface area contributed by atoms with E-state index in [0.717, 1.165) is 34.3 Å². The van der Waals surface area contributed by atoms with Crippen molar-refractivity contribution in [3.63, 3.8) is 0 Å². The van der Waals surface area contributed by atoms with E-state index in [-0.39, 0.29) is 17.6 Å². The molecule has 0 spiro atoms. The zero-order chi connectivity index (χ0) is 23.0. The second-order valence-corrected chi connectivity index (χ2v) is 11.2. The largest absolute Gasteiger partial charge is 0.293 e. The van der Waals surface area contributed by atoms with E-state index in [4.69, 9.17) is 0 Å². The SMILES string of the molecule is CCS(=O)(=O)N1CCN(CC(C)C)[C@@H](c2cc3cnn(-c4ccc(F)cc4)c3cc2C)C1. The van der Waals surface area contributed by atoms with Crippen LogP contribution in [-0.4, -0.2) is 59.3 Å². The zero-order valence-electron chi connectivity index (χ0n) is 19.1. The molecule has 0 amide bonds. The number of piperazine rings is 1. The fraction of sp³-hybridized carbons (Fsp3) is 0.458. The molecule has 1 atom stereocenters.